The second-order valence-corrected chi connectivity index (χ2v) is 8.34. The van der Waals surface area contributed by atoms with Crippen LogP contribution < -0.4 is 14.5 Å². The molecule has 0 radical (unpaired) electrons. The van der Waals surface area contributed by atoms with Crippen LogP contribution in [0, 0.1) is 5.92 Å². The van der Waals surface area contributed by atoms with E-state index in [0.717, 1.165) is 17.0 Å². The molecule has 3 amide bonds. The van der Waals surface area contributed by atoms with Gasteiger partial charge in [0.15, 0.2) is 0 Å². The molecule has 1 atom stereocenters. The molecule has 0 N–H and O–H groups in total. The molecule has 3 aromatic rings. The van der Waals surface area contributed by atoms with Gasteiger partial charge in [0.25, 0.3) is 11.8 Å². The van der Waals surface area contributed by atoms with Gasteiger partial charge in [0.1, 0.15) is 5.75 Å². The van der Waals surface area contributed by atoms with E-state index in [4.69, 9.17) is 4.74 Å². The van der Waals surface area contributed by atoms with Gasteiger partial charge in [-0.3, -0.25) is 19.2 Å². The average molecular weight is 454 g/mol. The van der Waals surface area contributed by atoms with Crippen LogP contribution >= 0.6 is 0 Å². The van der Waals surface area contributed by atoms with Crippen molar-refractivity contribution in [2.24, 2.45) is 5.92 Å². The first-order valence-corrected chi connectivity index (χ1v) is 11.1. The number of carbonyl (C=O) groups excluding carboxylic acids is 4. The summed E-state index contributed by atoms with van der Waals surface area (Å²) in [6.45, 7) is 2.30. The summed E-state index contributed by atoms with van der Waals surface area (Å²) in [7, 11) is 0. The van der Waals surface area contributed by atoms with Crippen molar-refractivity contribution in [3.8, 4) is 5.75 Å². The van der Waals surface area contributed by atoms with Gasteiger partial charge < -0.3 is 9.64 Å². The second-order valence-electron chi connectivity index (χ2n) is 8.34. The third-order valence-electron chi connectivity index (χ3n) is 6.20. The van der Waals surface area contributed by atoms with Crippen LogP contribution in [0.4, 0.5) is 11.4 Å². The number of nitrogens with zero attached hydrogens (tertiary/aromatic N) is 2. The van der Waals surface area contributed by atoms with Gasteiger partial charge in [-0.15, -0.1) is 0 Å². The number of ether oxygens (including phenoxy) is 1. The topological polar surface area (TPSA) is 84.0 Å². The van der Waals surface area contributed by atoms with Gasteiger partial charge in [-0.1, -0.05) is 37.3 Å². The first-order chi connectivity index (χ1) is 16.5. The molecule has 0 bridgehead atoms. The van der Waals surface area contributed by atoms with Gasteiger partial charge in [-0.25, -0.2) is 4.90 Å². The van der Waals surface area contributed by atoms with Crippen molar-refractivity contribution >= 4 is 35.1 Å². The van der Waals surface area contributed by atoms with Crippen LogP contribution in [0.5, 0.6) is 5.75 Å². The monoisotopic (exact) mass is 454 g/mol. The molecule has 1 fully saturated rings. The summed E-state index contributed by atoms with van der Waals surface area (Å²) in [6, 6.07) is 20.6. The predicted molar refractivity (Wildman–Crippen MR) is 126 cm³/mol. The van der Waals surface area contributed by atoms with E-state index in [1.807, 2.05) is 24.3 Å². The summed E-state index contributed by atoms with van der Waals surface area (Å²) < 4.78 is 5.55. The second kappa shape index (κ2) is 8.59. The minimum Gasteiger partial charge on any atom is -0.426 e. The number of esters is 1. The van der Waals surface area contributed by atoms with Gasteiger partial charge in [0.05, 0.1) is 22.7 Å². The molecule has 34 heavy (non-hydrogen) atoms. The van der Waals surface area contributed by atoms with Crippen molar-refractivity contribution in [3.63, 3.8) is 0 Å². The Labute approximate surface area is 196 Å². The highest BCUT2D eigenvalue weighted by atomic mass is 16.5. The Morgan fingerprint density at radius 3 is 2.21 bits per heavy atom. The molecular formula is C27H22N2O5. The Morgan fingerprint density at radius 1 is 0.882 bits per heavy atom. The van der Waals surface area contributed by atoms with Gasteiger partial charge in [-0.2, -0.15) is 0 Å². The SMILES string of the molecule is CCc1ccc(N2C[C@H](C(=O)Oc3cccc(N4C(=O)c5ccccc5C4=O)c3)CC2=O)cc1. The zero-order valence-corrected chi connectivity index (χ0v) is 18.6. The van der Waals surface area contributed by atoms with Crippen molar-refractivity contribution in [2.75, 3.05) is 16.3 Å². The fraction of sp³-hybridized carbons (Fsp3) is 0.185. The van der Waals surface area contributed by atoms with Crippen molar-refractivity contribution in [1.29, 1.82) is 0 Å². The quantitative estimate of drug-likeness (QED) is 0.330. The average Bonchev–Trinajstić information content (AvgIpc) is 3.37. The summed E-state index contributed by atoms with van der Waals surface area (Å²) in [5.41, 5.74) is 2.92. The van der Waals surface area contributed by atoms with Crippen molar-refractivity contribution in [1.82, 2.24) is 0 Å². The van der Waals surface area contributed by atoms with Crippen molar-refractivity contribution in [3.05, 3.63) is 89.5 Å². The molecule has 0 saturated carbocycles. The number of amides is 3. The van der Waals surface area contributed by atoms with E-state index in [2.05, 4.69) is 6.92 Å². The van der Waals surface area contributed by atoms with E-state index in [-0.39, 0.29) is 24.6 Å². The maximum Gasteiger partial charge on any atom is 0.316 e. The summed E-state index contributed by atoms with van der Waals surface area (Å²) in [5, 5.41) is 0. The molecule has 0 spiro atoms. The number of aryl methyl sites for hydroxylation is 1. The molecule has 0 aliphatic carbocycles. The normalized spacial score (nSPS) is 17.3. The lowest BCUT2D eigenvalue weighted by molar-refractivity contribution is -0.139. The molecule has 7 nitrogen and oxygen atoms in total. The molecule has 2 aliphatic heterocycles. The molecule has 3 aromatic carbocycles. The minimum absolute atomic E-state index is 0.0620. The van der Waals surface area contributed by atoms with Gasteiger partial charge >= 0.3 is 5.97 Å². The lowest BCUT2D eigenvalue weighted by Crippen LogP contribution is -2.29. The smallest absolute Gasteiger partial charge is 0.316 e. The third-order valence-corrected chi connectivity index (χ3v) is 6.20. The first kappa shape index (κ1) is 21.6. The van der Waals surface area contributed by atoms with Crippen LogP contribution in [-0.2, 0) is 16.0 Å². The highest BCUT2D eigenvalue weighted by Crippen LogP contribution is 2.31. The number of hydrogen-bond acceptors (Lipinski definition) is 5. The lowest BCUT2D eigenvalue weighted by atomic mass is 10.1. The maximum absolute atomic E-state index is 12.8. The number of fused-ring (bicyclic) bond motifs is 1. The summed E-state index contributed by atoms with van der Waals surface area (Å²) in [6.07, 6.45) is 0.968. The summed E-state index contributed by atoms with van der Waals surface area (Å²) in [5.74, 6) is -1.91. The molecule has 170 valence electrons. The largest absolute Gasteiger partial charge is 0.426 e. The van der Waals surface area contributed by atoms with Crippen LogP contribution in [0.3, 0.4) is 0 Å². The van der Waals surface area contributed by atoms with Gasteiger partial charge in [-0.05, 0) is 48.4 Å². The van der Waals surface area contributed by atoms with Crippen LogP contribution in [0.2, 0.25) is 0 Å². The molecule has 5 rings (SSSR count). The van der Waals surface area contributed by atoms with E-state index in [9.17, 15) is 19.2 Å². The molecular weight excluding hydrogens is 432 g/mol. The standard InChI is InChI=1S/C27H22N2O5/c1-2-17-10-12-19(13-11-17)28-16-18(14-24(28)30)27(33)34-21-7-5-6-20(15-21)29-25(31)22-8-3-4-9-23(22)26(29)32/h3-13,15,18H,2,14,16H2,1H3/t18-/m1/s1. The Bertz CT molecular complexity index is 1280. The van der Waals surface area contributed by atoms with E-state index in [1.54, 1.807) is 47.4 Å². The molecule has 7 heteroatoms. The van der Waals surface area contributed by atoms with Gasteiger partial charge in [0.2, 0.25) is 5.91 Å². The lowest BCUT2D eigenvalue weighted by Gasteiger charge is -2.17. The summed E-state index contributed by atoms with van der Waals surface area (Å²) >= 11 is 0. The highest BCUT2D eigenvalue weighted by Gasteiger charge is 2.38. The predicted octanol–water partition coefficient (Wildman–Crippen LogP) is 4.01. The maximum atomic E-state index is 12.8. The molecule has 1 saturated heterocycles. The number of benzene rings is 3. The highest BCUT2D eigenvalue weighted by molar-refractivity contribution is 6.34. The minimum atomic E-state index is -0.610. The van der Waals surface area contributed by atoms with Crippen molar-refractivity contribution < 1.29 is 23.9 Å². The fourth-order valence-electron chi connectivity index (χ4n) is 4.34. The number of rotatable bonds is 5. The van der Waals surface area contributed by atoms with Crippen LogP contribution in [0.15, 0.2) is 72.8 Å². The molecule has 2 aliphatic rings. The Morgan fingerprint density at radius 2 is 1.56 bits per heavy atom. The Kier molecular flexibility index (Phi) is 5.45. The van der Waals surface area contributed by atoms with Crippen LogP contribution in [-0.4, -0.2) is 30.2 Å². The summed E-state index contributed by atoms with van der Waals surface area (Å²) in [4.78, 5) is 53.5. The first-order valence-electron chi connectivity index (χ1n) is 11.1. The fourth-order valence-corrected chi connectivity index (χ4v) is 4.34. The Balaban J connectivity index is 1.30. The number of carbonyl (C=O) groups is 4. The zero-order chi connectivity index (χ0) is 23.8. The van der Waals surface area contributed by atoms with Gasteiger partial charge in [0, 0.05) is 24.7 Å². The number of anilines is 2. The Hall–Kier alpha value is -4.26. The molecule has 2 heterocycles. The molecule has 0 unspecified atom stereocenters. The van der Waals surface area contributed by atoms with E-state index < -0.39 is 23.7 Å². The van der Waals surface area contributed by atoms with Crippen LogP contribution in [0.25, 0.3) is 0 Å². The van der Waals surface area contributed by atoms with E-state index in [1.165, 1.54) is 11.6 Å². The van der Waals surface area contributed by atoms with Crippen molar-refractivity contribution in [2.45, 2.75) is 19.8 Å². The number of hydrogen-bond donors (Lipinski definition) is 0. The molecule has 0 aromatic heterocycles. The van der Waals surface area contributed by atoms with E-state index >= 15 is 0 Å². The van der Waals surface area contributed by atoms with E-state index in [0.29, 0.717) is 16.8 Å². The zero-order valence-electron chi connectivity index (χ0n) is 18.6. The van der Waals surface area contributed by atoms with Crippen LogP contribution in [0.1, 0.15) is 39.6 Å². The number of imide groups is 1. The third kappa shape index (κ3) is 3.75.